The number of thiophene rings is 1. The van der Waals surface area contributed by atoms with E-state index >= 15 is 0 Å². The maximum atomic E-state index is 2.43. The summed E-state index contributed by atoms with van der Waals surface area (Å²) < 4.78 is 5.07. The van der Waals surface area contributed by atoms with Crippen LogP contribution in [0.25, 0.3) is 92.2 Å². The first kappa shape index (κ1) is 36.8. The highest BCUT2D eigenvalue weighted by atomic mass is 32.1. The zero-order valence-corrected chi connectivity index (χ0v) is 35.2. The Morgan fingerprint density at radius 2 is 0.810 bits per heavy atom. The van der Waals surface area contributed by atoms with Crippen LogP contribution in [0.1, 0.15) is 0 Å². The van der Waals surface area contributed by atoms with Crippen molar-refractivity contribution < 1.29 is 0 Å². The number of para-hydroxylation sites is 2. The van der Waals surface area contributed by atoms with Crippen molar-refractivity contribution in [2.75, 3.05) is 4.90 Å². The highest BCUT2D eigenvalue weighted by Gasteiger charge is 2.18. The van der Waals surface area contributed by atoms with Crippen molar-refractivity contribution in [3.8, 4) is 50.2 Å². The van der Waals surface area contributed by atoms with Crippen LogP contribution < -0.4 is 4.90 Å². The van der Waals surface area contributed by atoms with Crippen LogP contribution in [0, 0.1) is 0 Å². The van der Waals surface area contributed by atoms with Crippen molar-refractivity contribution in [3.05, 3.63) is 243 Å². The Hall–Kier alpha value is -7.98. The molecule has 0 unspecified atom stereocenters. The molecule has 10 aromatic carbocycles. The smallest absolute Gasteiger partial charge is 0.0541 e. The minimum absolute atomic E-state index is 1.09. The van der Waals surface area contributed by atoms with Gasteiger partial charge < -0.3 is 9.47 Å². The van der Waals surface area contributed by atoms with Gasteiger partial charge in [-0.15, -0.1) is 11.3 Å². The minimum atomic E-state index is 1.09. The number of nitrogens with zero attached hydrogens (tertiary/aromatic N) is 2. The van der Waals surface area contributed by atoms with Gasteiger partial charge in [0.05, 0.1) is 11.0 Å². The Kier molecular flexibility index (Phi) is 9.06. The molecule has 0 aliphatic rings. The number of hydrogen-bond donors (Lipinski definition) is 0. The third-order valence-electron chi connectivity index (χ3n) is 12.4. The van der Waals surface area contributed by atoms with Crippen LogP contribution in [-0.4, -0.2) is 4.57 Å². The van der Waals surface area contributed by atoms with Crippen molar-refractivity contribution in [2.24, 2.45) is 0 Å². The Morgan fingerprint density at radius 1 is 0.286 bits per heavy atom. The summed E-state index contributed by atoms with van der Waals surface area (Å²) in [6.45, 7) is 0. The number of hydrogen-bond acceptors (Lipinski definition) is 2. The normalized spacial score (nSPS) is 11.5. The number of fused-ring (bicyclic) bond motifs is 6. The Bertz CT molecular complexity index is 3640. The molecular formula is C60H40N2S. The fraction of sp³-hybridized carbons (Fsp3) is 0. The summed E-state index contributed by atoms with van der Waals surface area (Å²) in [6.07, 6.45) is 0. The Morgan fingerprint density at radius 3 is 1.59 bits per heavy atom. The van der Waals surface area contributed by atoms with Gasteiger partial charge in [0.1, 0.15) is 0 Å². The third-order valence-corrected chi connectivity index (χ3v) is 13.5. The van der Waals surface area contributed by atoms with Crippen LogP contribution in [0.15, 0.2) is 243 Å². The summed E-state index contributed by atoms with van der Waals surface area (Å²) >= 11 is 1.86. The van der Waals surface area contributed by atoms with E-state index in [2.05, 4.69) is 252 Å². The molecule has 0 N–H and O–H groups in total. The maximum absolute atomic E-state index is 2.43. The van der Waals surface area contributed by atoms with E-state index in [1.165, 1.54) is 86.6 Å². The van der Waals surface area contributed by atoms with E-state index < -0.39 is 0 Å². The van der Waals surface area contributed by atoms with Gasteiger partial charge in [0.25, 0.3) is 0 Å². The number of benzene rings is 10. The van der Waals surface area contributed by atoms with E-state index in [4.69, 9.17) is 0 Å². The number of rotatable bonds is 8. The molecule has 0 aliphatic carbocycles. The summed E-state index contributed by atoms with van der Waals surface area (Å²) in [5.41, 5.74) is 16.4. The maximum Gasteiger partial charge on any atom is 0.0541 e. The van der Waals surface area contributed by atoms with Crippen LogP contribution in [-0.2, 0) is 0 Å². The van der Waals surface area contributed by atoms with Crippen LogP contribution in [0.3, 0.4) is 0 Å². The molecule has 0 saturated carbocycles. The first-order valence-electron chi connectivity index (χ1n) is 21.5. The van der Waals surface area contributed by atoms with E-state index in [1.807, 2.05) is 11.3 Å². The van der Waals surface area contributed by atoms with Gasteiger partial charge in [0.15, 0.2) is 0 Å². The van der Waals surface area contributed by atoms with Crippen molar-refractivity contribution in [2.45, 2.75) is 0 Å². The van der Waals surface area contributed by atoms with Crippen LogP contribution in [0.5, 0.6) is 0 Å². The summed E-state index contributed by atoms with van der Waals surface area (Å²) in [6, 6.07) is 88.4. The molecule has 0 aliphatic heterocycles. The van der Waals surface area contributed by atoms with Crippen molar-refractivity contribution in [3.63, 3.8) is 0 Å². The molecule has 0 spiro atoms. The van der Waals surface area contributed by atoms with E-state index in [0.717, 1.165) is 22.6 Å². The molecule has 296 valence electrons. The van der Waals surface area contributed by atoms with Gasteiger partial charge in [-0.05, 0) is 129 Å². The first-order chi connectivity index (χ1) is 31.2. The van der Waals surface area contributed by atoms with E-state index in [-0.39, 0.29) is 0 Å². The van der Waals surface area contributed by atoms with Gasteiger partial charge in [0.2, 0.25) is 0 Å². The van der Waals surface area contributed by atoms with Crippen LogP contribution in [0.4, 0.5) is 17.1 Å². The molecule has 12 aromatic rings. The van der Waals surface area contributed by atoms with Gasteiger partial charge in [0, 0.05) is 53.7 Å². The predicted molar refractivity (Wildman–Crippen MR) is 270 cm³/mol. The summed E-state index contributed by atoms with van der Waals surface area (Å²) in [5, 5.41) is 5.11. The molecular weight excluding hydrogens is 781 g/mol. The van der Waals surface area contributed by atoms with Gasteiger partial charge in [-0.3, -0.25) is 0 Å². The average Bonchev–Trinajstić information content (AvgIpc) is 3.90. The van der Waals surface area contributed by atoms with Gasteiger partial charge in [-0.2, -0.15) is 0 Å². The topological polar surface area (TPSA) is 8.17 Å². The molecule has 2 aromatic heterocycles. The molecule has 0 saturated heterocycles. The van der Waals surface area contributed by atoms with Crippen LogP contribution >= 0.6 is 11.3 Å². The lowest BCUT2D eigenvalue weighted by Gasteiger charge is -2.26. The van der Waals surface area contributed by atoms with E-state index in [0.29, 0.717) is 0 Å². The summed E-state index contributed by atoms with van der Waals surface area (Å²) in [5.74, 6) is 0. The fourth-order valence-corrected chi connectivity index (χ4v) is 10.5. The molecule has 63 heavy (non-hydrogen) atoms. The lowest BCUT2D eigenvalue weighted by molar-refractivity contribution is 1.19. The zero-order chi connectivity index (χ0) is 41.7. The van der Waals surface area contributed by atoms with Gasteiger partial charge in [-0.25, -0.2) is 0 Å². The molecule has 0 radical (unpaired) electrons. The molecule has 2 heterocycles. The quantitative estimate of drug-likeness (QED) is 0.148. The Balaban J connectivity index is 0.948. The van der Waals surface area contributed by atoms with Gasteiger partial charge >= 0.3 is 0 Å². The first-order valence-corrected chi connectivity index (χ1v) is 22.3. The third kappa shape index (κ3) is 6.58. The largest absolute Gasteiger partial charge is 0.310 e. The summed E-state index contributed by atoms with van der Waals surface area (Å²) in [7, 11) is 0. The number of aromatic nitrogens is 1. The lowest BCUT2D eigenvalue weighted by atomic mass is 9.93. The standard InChI is InChI=1S/C60H40N2S/c1-3-16-41(17-4-1)42-18-13-19-43(36-42)44-20-14-24-48(37-44)61(47-22-5-2-6-23-47)49-25-15-21-45(38-49)51-26-7-8-27-52(51)46-32-34-58-55(39-46)53-28-9-11-30-57(53)62(58)50-33-35-60-56(40-50)54-29-10-12-31-59(54)63-60/h1-40H. The van der Waals surface area contributed by atoms with Crippen molar-refractivity contribution in [1.82, 2.24) is 4.57 Å². The SMILES string of the molecule is c1ccc(-c2cccc(-c3cccc(N(c4ccccc4)c4cccc(-c5ccccc5-c5ccc6c(c5)c5ccccc5n6-c5ccc6sc7ccccc7c6c5)c4)c3)c2)cc1. The average molecular weight is 821 g/mol. The second-order valence-corrected chi connectivity index (χ2v) is 17.2. The van der Waals surface area contributed by atoms with Crippen molar-refractivity contribution >= 4 is 70.4 Å². The molecule has 3 heteroatoms. The number of anilines is 3. The molecule has 12 rings (SSSR count). The summed E-state index contributed by atoms with van der Waals surface area (Å²) in [4.78, 5) is 2.37. The predicted octanol–water partition coefficient (Wildman–Crippen LogP) is 17.3. The fourth-order valence-electron chi connectivity index (χ4n) is 9.43. The highest BCUT2D eigenvalue weighted by Crippen LogP contribution is 2.43. The monoisotopic (exact) mass is 820 g/mol. The van der Waals surface area contributed by atoms with Gasteiger partial charge in [-0.1, -0.05) is 158 Å². The molecule has 0 amide bonds. The molecule has 0 bridgehead atoms. The zero-order valence-electron chi connectivity index (χ0n) is 34.4. The second kappa shape index (κ2) is 15.5. The van der Waals surface area contributed by atoms with E-state index in [1.54, 1.807) is 0 Å². The Labute approximate surface area is 370 Å². The lowest BCUT2D eigenvalue weighted by Crippen LogP contribution is -2.10. The molecule has 0 atom stereocenters. The van der Waals surface area contributed by atoms with E-state index in [9.17, 15) is 0 Å². The molecule has 0 fully saturated rings. The second-order valence-electron chi connectivity index (χ2n) is 16.1. The van der Waals surface area contributed by atoms with Crippen molar-refractivity contribution in [1.29, 1.82) is 0 Å². The van der Waals surface area contributed by atoms with Crippen LogP contribution in [0.2, 0.25) is 0 Å². The minimum Gasteiger partial charge on any atom is -0.310 e. The molecule has 2 nitrogen and oxygen atoms in total. The highest BCUT2D eigenvalue weighted by molar-refractivity contribution is 7.25.